The Morgan fingerprint density at radius 1 is 0.730 bits per heavy atom. The number of rotatable bonds is 3. The van der Waals surface area contributed by atoms with Gasteiger partial charge in [-0.05, 0) is 48.5 Å². The highest BCUT2D eigenvalue weighted by Crippen LogP contribution is 2.20. The van der Waals surface area contributed by atoms with Crippen LogP contribution in [0.3, 0.4) is 0 Å². The van der Waals surface area contributed by atoms with Gasteiger partial charge in [-0.15, -0.1) is 0 Å². The maximum Gasteiger partial charge on any atom is 0.293 e. The van der Waals surface area contributed by atoms with E-state index in [9.17, 15) is 16.8 Å². The SMILES string of the molecule is O=S(=O)(Cl)c1ccccc1.O=S(=O)(c1ccccc1)n1ccc2cccnc21.[C+]1=Cc2cccnc2N1. The van der Waals surface area contributed by atoms with Gasteiger partial charge in [0.1, 0.15) is 12.3 Å². The van der Waals surface area contributed by atoms with E-state index in [1.165, 1.54) is 22.3 Å². The molecule has 11 heteroatoms. The first-order valence-corrected chi connectivity index (χ1v) is 14.5. The van der Waals surface area contributed by atoms with Gasteiger partial charge in [-0.3, -0.25) is 0 Å². The fourth-order valence-electron chi connectivity index (χ4n) is 3.25. The van der Waals surface area contributed by atoms with Gasteiger partial charge in [-0.2, -0.15) is 10.3 Å². The minimum absolute atomic E-state index is 0.136. The molecule has 0 spiro atoms. The van der Waals surface area contributed by atoms with Crippen molar-refractivity contribution in [3.05, 3.63) is 121 Å². The molecule has 186 valence electrons. The number of pyridine rings is 2. The third-order valence-corrected chi connectivity index (χ3v) is 8.05. The third kappa shape index (κ3) is 6.38. The fraction of sp³-hybridized carbons (Fsp3) is 0. The molecule has 0 aliphatic carbocycles. The number of fused-ring (bicyclic) bond motifs is 2. The molecule has 0 atom stereocenters. The van der Waals surface area contributed by atoms with Crippen LogP contribution in [0.4, 0.5) is 5.82 Å². The van der Waals surface area contributed by atoms with Crippen LogP contribution in [-0.4, -0.2) is 30.8 Å². The second-order valence-corrected chi connectivity index (χ2v) is 11.8. The number of halogens is 1. The Kier molecular flexibility index (Phi) is 7.95. The standard InChI is InChI=1S/C13H10N2O2S.C7H5N2.C6H5ClO2S/c16-18(17,12-6-2-1-3-7-12)15-10-8-11-5-4-9-14-13(11)15;1-2-6-3-5-9-7(6)8-4-1;7-10(8,9)6-4-2-1-3-5-6/h1-10H;1-4H,(H,8,9);1-5H/q;+1;. The molecule has 0 unspecified atom stereocenters. The zero-order valence-corrected chi connectivity index (χ0v) is 21.5. The van der Waals surface area contributed by atoms with E-state index in [0.29, 0.717) is 5.65 Å². The molecule has 6 rings (SSSR count). The van der Waals surface area contributed by atoms with Crippen LogP contribution >= 0.6 is 10.7 Å². The van der Waals surface area contributed by atoms with Crippen LogP contribution in [0.5, 0.6) is 0 Å². The Morgan fingerprint density at radius 2 is 1.35 bits per heavy atom. The number of anilines is 1. The molecule has 2 aromatic carbocycles. The van der Waals surface area contributed by atoms with E-state index in [2.05, 4.69) is 21.5 Å². The van der Waals surface area contributed by atoms with Gasteiger partial charge in [0.15, 0.2) is 11.2 Å². The predicted octanol–water partition coefficient (Wildman–Crippen LogP) is 5.17. The summed E-state index contributed by atoms with van der Waals surface area (Å²) in [5.74, 6) is 0.900. The molecular formula is C26H20ClN4O4S2+. The molecule has 0 bridgehead atoms. The van der Waals surface area contributed by atoms with Crippen LogP contribution in [0.25, 0.3) is 17.1 Å². The third-order valence-electron chi connectivity index (χ3n) is 5.00. The fourth-order valence-corrected chi connectivity index (χ4v) is 5.37. The van der Waals surface area contributed by atoms with E-state index in [0.717, 1.165) is 16.8 Å². The second kappa shape index (κ2) is 11.3. The average molecular weight is 552 g/mol. The maximum absolute atomic E-state index is 12.4. The normalized spacial score (nSPS) is 11.7. The number of hydrogen-bond donors (Lipinski definition) is 1. The van der Waals surface area contributed by atoms with E-state index in [1.807, 2.05) is 24.3 Å². The smallest absolute Gasteiger partial charge is 0.237 e. The number of hydrogen-bond acceptors (Lipinski definition) is 7. The van der Waals surface area contributed by atoms with Crippen LogP contribution in [0.1, 0.15) is 5.56 Å². The summed E-state index contributed by atoms with van der Waals surface area (Å²) < 4.78 is 47.3. The van der Waals surface area contributed by atoms with Crippen LogP contribution in [0.2, 0.25) is 0 Å². The minimum Gasteiger partial charge on any atom is -0.237 e. The summed E-state index contributed by atoms with van der Waals surface area (Å²) in [4.78, 5) is 8.56. The Hall–Kier alpha value is -4.08. The lowest BCUT2D eigenvalue weighted by Gasteiger charge is -2.06. The molecule has 0 saturated heterocycles. The lowest BCUT2D eigenvalue weighted by Crippen LogP contribution is -2.12. The van der Waals surface area contributed by atoms with Gasteiger partial charge in [-0.25, -0.2) is 25.8 Å². The molecule has 1 aliphatic rings. The molecule has 1 N–H and O–H groups in total. The van der Waals surface area contributed by atoms with Gasteiger partial charge in [-0.1, -0.05) is 36.4 Å². The molecule has 37 heavy (non-hydrogen) atoms. The highest BCUT2D eigenvalue weighted by Gasteiger charge is 2.18. The van der Waals surface area contributed by atoms with Gasteiger partial charge < -0.3 is 0 Å². The van der Waals surface area contributed by atoms with Crippen LogP contribution in [0.15, 0.2) is 119 Å². The summed E-state index contributed by atoms with van der Waals surface area (Å²) in [7, 11) is -2.07. The van der Waals surface area contributed by atoms with Crippen molar-refractivity contribution in [2.24, 2.45) is 0 Å². The molecule has 3 aromatic heterocycles. The van der Waals surface area contributed by atoms with Crippen molar-refractivity contribution >= 4 is 52.7 Å². The van der Waals surface area contributed by atoms with Crippen molar-refractivity contribution < 1.29 is 16.8 Å². The van der Waals surface area contributed by atoms with E-state index < -0.39 is 19.1 Å². The Morgan fingerprint density at radius 3 is 1.97 bits per heavy atom. The van der Waals surface area contributed by atoms with E-state index in [1.54, 1.807) is 73.1 Å². The summed E-state index contributed by atoms with van der Waals surface area (Å²) >= 11 is 0. The Balaban J connectivity index is 0.000000142. The van der Waals surface area contributed by atoms with Gasteiger partial charge in [0.05, 0.1) is 9.79 Å². The summed E-state index contributed by atoms with van der Waals surface area (Å²) in [5.41, 5.74) is 1.55. The van der Waals surface area contributed by atoms with Crippen molar-refractivity contribution in [2.45, 2.75) is 9.79 Å². The van der Waals surface area contributed by atoms with Gasteiger partial charge in [0, 0.05) is 40.7 Å². The van der Waals surface area contributed by atoms with E-state index in [-0.39, 0.29) is 9.79 Å². The largest absolute Gasteiger partial charge is 0.293 e. The number of nitrogens with one attached hydrogen (secondary N) is 1. The predicted molar refractivity (Wildman–Crippen MR) is 144 cm³/mol. The summed E-state index contributed by atoms with van der Waals surface area (Å²) in [5, 5.41) is 3.69. The van der Waals surface area contributed by atoms with E-state index in [4.69, 9.17) is 10.7 Å². The van der Waals surface area contributed by atoms with Crippen LogP contribution in [0, 0.1) is 6.20 Å². The average Bonchev–Trinajstić information content (AvgIpc) is 3.58. The first-order chi connectivity index (χ1) is 17.8. The monoisotopic (exact) mass is 551 g/mol. The molecule has 4 heterocycles. The van der Waals surface area contributed by atoms with Gasteiger partial charge >= 0.3 is 0 Å². The molecular weight excluding hydrogens is 532 g/mol. The summed E-state index contributed by atoms with van der Waals surface area (Å²) in [6, 6.07) is 25.4. The number of benzene rings is 2. The summed E-state index contributed by atoms with van der Waals surface area (Å²) in [6.45, 7) is 0. The summed E-state index contributed by atoms with van der Waals surface area (Å²) in [6.07, 6.45) is 9.59. The molecule has 1 aliphatic heterocycles. The molecule has 0 saturated carbocycles. The maximum atomic E-state index is 12.4. The first-order valence-electron chi connectivity index (χ1n) is 10.8. The van der Waals surface area contributed by atoms with Crippen LogP contribution in [-0.2, 0) is 19.1 Å². The zero-order chi connectivity index (χ0) is 26.3. The topological polar surface area (TPSA) is 111 Å². The molecule has 8 nitrogen and oxygen atoms in total. The minimum atomic E-state index is -3.57. The van der Waals surface area contributed by atoms with Crippen molar-refractivity contribution in [1.82, 2.24) is 13.9 Å². The molecule has 0 fully saturated rings. The molecule has 5 aromatic rings. The Labute approximate surface area is 219 Å². The first kappa shape index (κ1) is 26.0. The highest BCUT2D eigenvalue weighted by atomic mass is 35.7. The van der Waals surface area contributed by atoms with Crippen molar-refractivity contribution in [3.63, 3.8) is 0 Å². The van der Waals surface area contributed by atoms with Crippen molar-refractivity contribution in [3.8, 4) is 0 Å². The van der Waals surface area contributed by atoms with E-state index >= 15 is 0 Å². The van der Waals surface area contributed by atoms with Crippen molar-refractivity contribution in [2.75, 3.05) is 5.32 Å². The highest BCUT2D eigenvalue weighted by molar-refractivity contribution is 8.13. The molecule has 0 radical (unpaired) electrons. The molecule has 0 amide bonds. The van der Waals surface area contributed by atoms with Crippen LogP contribution < -0.4 is 5.32 Å². The zero-order valence-electron chi connectivity index (χ0n) is 19.1. The Bertz CT molecular complexity index is 1740. The quantitative estimate of drug-likeness (QED) is 0.243. The van der Waals surface area contributed by atoms with Gasteiger partial charge in [0.2, 0.25) is 0 Å². The number of aromatic nitrogens is 3. The second-order valence-electron chi connectivity index (χ2n) is 7.45. The lowest BCUT2D eigenvalue weighted by molar-refractivity contribution is 0.588. The van der Waals surface area contributed by atoms with Crippen molar-refractivity contribution in [1.29, 1.82) is 0 Å². The lowest BCUT2D eigenvalue weighted by atomic mass is 10.3. The number of nitrogens with zero attached hydrogens (tertiary/aromatic N) is 3. The van der Waals surface area contributed by atoms with Gasteiger partial charge in [0.25, 0.3) is 24.9 Å².